The van der Waals surface area contributed by atoms with Crippen LogP contribution in [0.4, 0.5) is 0 Å². The smallest absolute Gasteiger partial charge is 0.253 e. The number of aryl methyl sites for hydroxylation is 1. The third kappa shape index (κ3) is 2.87. The highest BCUT2D eigenvalue weighted by atomic mass is 16.1. The number of hydrogen-bond donors (Lipinski definition) is 1. The Morgan fingerprint density at radius 3 is 2.55 bits per heavy atom. The lowest BCUT2D eigenvalue weighted by Gasteiger charge is -2.18. The van der Waals surface area contributed by atoms with Crippen LogP contribution < -0.4 is 5.32 Å². The summed E-state index contributed by atoms with van der Waals surface area (Å²) in [5, 5.41) is 3.15. The number of amides is 1. The third-order valence-electron chi connectivity index (χ3n) is 3.71. The van der Waals surface area contributed by atoms with Gasteiger partial charge in [-0.2, -0.15) is 0 Å². The van der Waals surface area contributed by atoms with Crippen LogP contribution in [0.15, 0.2) is 48.7 Å². The molecule has 0 bridgehead atoms. The molecule has 0 radical (unpaired) electrons. The Morgan fingerprint density at radius 1 is 1.20 bits per heavy atom. The van der Waals surface area contributed by atoms with E-state index < -0.39 is 0 Å². The van der Waals surface area contributed by atoms with E-state index in [0.29, 0.717) is 11.5 Å². The van der Waals surface area contributed by atoms with E-state index in [-0.39, 0.29) is 11.9 Å². The van der Waals surface area contributed by atoms with Gasteiger partial charge in [0.15, 0.2) is 0 Å². The van der Waals surface area contributed by atoms with Crippen molar-refractivity contribution < 1.29 is 4.79 Å². The predicted molar refractivity (Wildman–Crippen MR) is 78.3 cm³/mol. The molecule has 3 nitrogen and oxygen atoms in total. The van der Waals surface area contributed by atoms with Gasteiger partial charge in [0.2, 0.25) is 0 Å². The Kier molecular flexibility index (Phi) is 3.50. The Labute approximate surface area is 119 Å². The second kappa shape index (κ2) is 5.45. The maximum Gasteiger partial charge on any atom is 0.253 e. The van der Waals surface area contributed by atoms with E-state index in [9.17, 15) is 4.79 Å². The fraction of sp³-hybridized carbons (Fsp3) is 0.294. The third-order valence-corrected chi connectivity index (χ3v) is 3.71. The number of hydrogen-bond acceptors (Lipinski definition) is 2. The Balaban J connectivity index is 1.77. The summed E-state index contributed by atoms with van der Waals surface area (Å²) in [5.41, 5.74) is 2.73. The first kappa shape index (κ1) is 12.9. The summed E-state index contributed by atoms with van der Waals surface area (Å²) < 4.78 is 0. The van der Waals surface area contributed by atoms with Crippen molar-refractivity contribution in [3.63, 3.8) is 0 Å². The molecular weight excluding hydrogens is 248 g/mol. The summed E-state index contributed by atoms with van der Waals surface area (Å²) in [4.78, 5) is 16.5. The second-order valence-electron chi connectivity index (χ2n) is 5.39. The molecule has 0 saturated heterocycles. The second-order valence-corrected chi connectivity index (χ2v) is 5.39. The number of carbonyl (C=O) groups excluding carboxylic acids is 1. The van der Waals surface area contributed by atoms with Crippen molar-refractivity contribution in [2.24, 2.45) is 5.92 Å². The van der Waals surface area contributed by atoms with Crippen LogP contribution in [0.1, 0.15) is 40.5 Å². The quantitative estimate of drug-likeness (QED) is 0.922. The van der Waals surface area contributed by atoms with Crippen molar-refractivity contribution in [2.75, 3.05) is 0 Å². The summed E-state index contributed by atoms with van der Waals surface area (Å²) in [6, 6.07) is 14.0. The number of nitrogens with one attached hydrogen (secondary N) is 1. The SMILES string of the molecule is Cc1ccc(C(=O)NC(c2ccccc2)C2CC2)cn1. The van der Waals surface area contributed by atoms with Crippen LogP contribution >= 0.6 is 0 Å². The van der Waals surface area contributed by atoms with E-state index in [1.807, 2.05) is 37.3 Å². The molecule has 3 heteroatoms. The van der Waals surface area contributed by atoms with E-state index >= 15 is 0 Å². The normalized spacial score (nSPS) is 15.7. The van der Waals surface area contributed by atoms with Gasteiger partial charge >= 0.3 is 0 Å². The lowest BCUT2D eigenvalue weighted by Crippen LogP contribution is -2.29. The molecule has 1 aromatic carbocycles. The van der Waals surface area contributed by atoms with Gasteiger partial charge in [0, 0.05) is 11.9 Å². The molecule has 1 heterocycles. The predicted octanol–water partition coefficient (Wildman–Crippen LogP) is 3.27. The monoisotopic (exact) mass is 266 g/mol. The average Bonchev–Trinajstić information content (AvgIpc) is 3.31. The minimum absolute atomic E-state index is 0.0433. The highest BCUT2D eigenvalue weighted by Gasteiger charge is 2.33. The van der Waals surface area contributed by atoms with E-state index in [0.717, 1.165) is 5.69 Å². The van der Waals surface area contributed by atoms with Crippen molar-refractivity contribution in [1.82, 2.24) is 10.3 Å². The van der Waals surface area contributed by atoms with Gasteiger partial charge in [-0.15, -0.1) is 0 Å². The number of carbonyl (C=O) groups is 1. The lowest BCUT2D eigenvalue weighted by molar-refractivity contribution is 0.0931. The maximum absolute atomic E-state index is 12.3. The molecule has 0 spiro atoms. The van der Waals surface area contributed by atoms with Crippen LogP contribution in [0.25, 0.3) is 0 Å². The van der Waals surface area contributed by atoms with Crippen LogP contribution in [-0.2, 0) is 0 Å². The highest BCUT2D eigenvalue weighted by molar-refractivity contribution is 5.94. The zero-order chi connectivity index (χ0) is 13.9. The van der Waals surface area contributed by atoms with Gasteiger partial charge in [-0.1, -0.05) is 30.3 Å². The van der Waals surface area contributed by atoms with Gasteiger partial charge in [0.1, 0.15) is 0 Å². The van der Waals surface area contributed by atoms with Crippen LogP contribution in [0.3, 0.4) is 0 Å². The fourth-order valence-corrected chi connectivity index (χ4v) is 2.39. The summed E-state index contributed by atoms with van der Waals surface area (Å²) >= 11 is 0. The molecule has 2 aromatic rings. The molecule has 3 rings (SSSR count). The van der Waals surface area contributed by atoms with Crippen molar-refractivity contribution in [1.29, 1.82) is 0 Å². The number of pyridine rings is 1. The summed E-state index contributed by atoms with van der Waals surface area (Å²) in [5.74, 6) is 0.526. The molecule has 0 aliphatic heterocycles. The molecule has 1 unspecified atom stereocenters. The van der Waals surface area contributed by atoms with Crippen LogP contribution in [0, 0.1) is 12.8 Å². The van der Waals surface area contributed by atoms with Gasteiger partial charge < -0.3 is 5.32 Å². The summed E-state index contributed by atoms with van der Waals surface area (Å²) in [6.07, 6.45) is 4.01. The van der Waals surface area contributed by atoms with Gasteiger partial charge in [0.05, 0.1) is 11.6 Å². The van der Waals surface area contributed by atoms with Crippen molar-refractivity contribution in [2.45, 2.75) is 25.8 Å². The zero-order valence-corrected chi connectivity index (χ0v) is 11.5. The van der Waals surface area contributed by atoms with Gasteiger partial charge in [0.25, 0.3) is 5.91 Å². The Bertz CT molecular complexity index is 588. The van der Waals surface area contributed by atoms with E-state index in [2.05, 4.69) is 22.4 Å². The molecule has 1 N–H and O–H groups in total. The number of nitrogens with zero attached hydrogens (tertiary/aromatic N) is 1. The lowest BCUT2D eigenvalue weighted by atomic mass is 10.0. The number of aromatic nitrogens is 1. The van der Waals surface area contributed by atoms with Crippen molar-refractivity contribution >= 4 is 5.91 Å². The van der Waals surface area contributed by atoms with Crippen LogP contribution in [0.2, 0.25) is 0 Å². The maximum atomic E-state index is 12.3. The largest absolute Gasteiger partial charge is 0.345 e. The molecular formula is C17H18N2O. The summed E-state index contributed by atoms with van der Waals surface area (Å²) in [6.45, 7) is 1.92. The van der Waals surface area contributed by atoms with Crippen molar-refractivity contribution in [3.05, 3.63) is 65.5 Å². The number of benzene rings is 1. The minimum atomic E-state index is -0.0433. The van der Waals surface area contributed by atoms with E-state index in [1.54, 1.807) is 6.20 Å². The number of rotatable bonds is 4. The Hall–Kier alpha value is -2.16. The van der Waals surface area contributed by atoms with Gasteiger partial charge in [-0.05, 0) is 43.4 Å². The first-order valence-electron chi connectivity index (χ1n) is 7.02. The van der Waals surface area contributed by atoms with Crippen LogP contribution in [-0.4, -0.2) is 10.9 Å². The molecule has 1 aromatic heterocycles. The van der Waals surface area contributed by atoms with Gasteiger partial charge in [-0.25, -0.2) is 0 Å². The molecule has 1 aliphatic rings. The van der Waals surface area contributed by atoms with Crippen LogP contribution in [0.5, 0.6) is 0 Å². The zero-order valence-electron chi connectivity index (χ0n) is 11.5. The standard InChI is InChI=1S/C17H18N2O/c1-12-7-8-15(11-18-12)17(20)19-16(14-9-10-14)13-5-3-2-4-6-13/h2-8,11,14,16H,9-10H2,1H3,(H,19,20). The highest BCUT2D eigenvalue weighted by Crippen LogP contribution is 2.41. The molecule has 1 saturated carbocycles. The fourth-order valence-electron chi connectivity index (χ4n) is 2.39. The molecule has 1 aliphatic carbocycles. The molecule has 1 atom stereocenters. The molecule has 20 heavy (non-hydrogen) atoms. The molecule has 102 valence electrons. The van der Waals surface area contributed by atoms with E-state index in [1.165, 1.54) is 18.4 Å². The first-order valence-corrected chi connectivity index (χ1v) is 7.02. The first-order chi connectivity index (χ1) is 9.74. The Morgan fingerprint density at radius 2 is 1.95 bits per heavy atom. The molecule has 1 fully saturated rings. The van der Waals surface area contributed by atoms with Crippen molar-refractivity contribution in [3.8, 4) is 0 Å². The summed E-state index contributed by atoms with van der Waals surface area (Å²) in [7, 11) is 0. The minimum Gasteiger partial charge on any atom is -0.345 e. The van der Waals surface area contributed by atoms with Gasteiger partial charge in [-0.3, -0.25) is 9.78 Å². The molecule has 1 amide bonds. The van der Waals surface area contributed by atoms with E-state index in [4.69, 9.17) is 0 Å². The average molecular weight is 266 g/mol. The topological polar surface area (TPSA) is 42.0 Å².